The van der Waals surface area contributed by atoms with Gasteiger partial charge in [0.1, 0.15) is 17.8 Å². The van der Waals surface area contributed by atoms with E-state index in [1.165, 1.54) is 12.0 Å². The molecule has 2 aliphatic rings. The van der Waals surface area contributed by atoms with Crippen LogP contribution < -0.4 is 15.0 Å². The SMILES string of the molecule is COC(=O)[C@H](Cc1ccc(OC)cc1)NC(=O)[C@H]1CN(C(=O)c2ccc(N(C)C)cc2)CCN1C(=O)N1CCOCC1. The van der Waals surface area contributed by atoms with Crippen molar-refractivity contribution >= 4 is 29.5 Å². The molecule has 0 unspecified atom stereocenters. The molecule has 2 aliphatic heterocycles. The number of benzene rings is 2. The fourth-order valence-electron chi connectivity index (χ4n) is 5.04. The average Bonchev–Trinajstić information content (AvgIpc) is 3.03. The van der Waals surface area contributed by atoms with Crippen molar-refractivity contribution in [3.05, 3.63) is 59.7 Å². The van der Waals surface area contributed by atoms with E-state index in [1.54, 1.807) is 53.3 Å². The van der Waals surface area contributed by atoms with Gasteiger partial charge in [0.25, 0.3) is 5.91 Å². The second-order valence-corrected chi connectivity index (χ2v) is 10.4. The third-order valence-corrected chi connectivity index (χ3v) is 7.53. The van der Waals surface area contributed by atoms with Crippen LogP contribution in [0.15, 0.2) is 48.5 Å². The number of nitrogens with zero attached hydrogens (tertiary/aromatic N) is 4. The first-order valence-electron chi connectivity index (χ1n) is 13.9. The minimum atomic E-state index is -1.01. The molecule has 226 valence electrons. The lowest BCUT2D eigenvalue weighted by atomic mass is 10.0. The van der Waals surface area contributed by atoms with Crippen molar-refractivity contribution in [2.75, 3.05) is 79.2 Å². The van der Waals surface area contributed by atoms with Gasteiger partial charge in [0.15, 0.2) is 0 Å². The number of carbonyl (C=O) groups excluding carboxylic acids is 4. The molecule has 42 heavy (non-hydrogen) atoms. The van der Waals surface area contributed by atoms with Crippen molar-refractivity contribution < 1.29 is 33.4 Å². The topological polar surface area (TPSA) is 121 Å². The number of morpholine rings is 1. The van der Waals surface area contributed by atoms with Gasteiger partial charge in [0, 0.05) is 57.9 Å². The van der Waals surface area contributed by atoms with Gasteiger partial charge in [-0.25, -0.2) is 9.59 Å². The van der Waals surface area contributed by atoms with E-state index in [0.717, 1.165) is 11.3 Å². The van der Waals surface area contributed by atoms with E-state index >= 15 is 0 Å². The lowest BCUT2D eigenvalue weighted by Gasteiger charge is -2.43. The number of amides is 4. The van der Waals surface area contributed by atoms with Gasteiger partial charge in [-0.3, -0.25) is 9.59 Å². The van der Waals surface area contributed by atoms with E-state index in [1.807, 2.05) is 31.1 Å². The Hall–Kier alpha value is -4.32. The normalized spacial score (nSPS) is 17.7. The molecule has 0 aromatic heterocycles. The van der Waals surface area contributed by atoms with E-state index in [-0.39, 0.29) is 38.0 Å². The van der Waals surface area contributed by atoms with Crippen LogP contribution in [0.1, 0.15) is 15.9 Å². The van der Waals surface area contributed by atoms with Crippen molar-refractivity contribution in [3.8, 4) is 5.75 Å². The predicted molar refractivity (Wildman–Crippen MR) is 156 cm³/mol. The van der Waals surface area contributed by atoms with Crippen molar-refractivity contribution in [1.82, 2.24) is 20.0 Å². The summed E-state index contributed by atoms with van der Waals surface area (Å²) in [4.78, 5) is 60.2. The number of urea groups is 1. The number of hydrogen-bond donors (Lipinski definition) is 1. The first-order valence-corrected chi connectivity index (χ1v) is 13.9. The summed E-state index contributed by atoms with van der Waals surface area (Å²) in [6, 6.07) is 12.0. The maximum atomic E-state index is 13.8. The van der Waals surface area contributed by atoms with Crippen LogP contribution in [0.5, 0.6) is 5.75 Å². The molecule has 2 saturated heterocycles. The number of esters is 1. The van der Waals surface area contributed by atoms with E-state index in [9.17, 15) is 19.2 Å². The number of ether oxygens (including phenoxy) is 3. The van der Waals surface area contributed by atoms with Gasteiger partial charge in [0.05, 0.1) is 34.0 Å². The quantitative estimate of drug-likeness (QED) is 0.463. The number of nitrogens with one attached hydrogen (secondary N) is 1. The Morgan fingerprint density at radius 2 is 1.60 bits per heavy atom. The Morgan fingerprint density at radius 1 is 0.929 bits per heavy atom. The molecule has 4 amide bonds. The van der Waals surface area contributed by atoms with Gasteiger partial charge in [-0.15, -0.1) is 0 Å². The first kappa shape index (κ1) is 30.6. The van der Waals surface area contributed by atoms with E-state index in [4.69, 9.17) is 14.2 Å². The van der Waals surface area contributed by atoms with Crippen LogP contribution in [0.25, 0.3) is 0 Å². The van der Waals surface area contributed by atoms with Gasteiger partial charge in [-0.05, 0) is 42.0 Å². The number of anilines is 1. The van der Waals surface area contributed by atoms with Gasteiger partial charge in [-0.1, -0.05) is 12.1 Å². The Labute approximate surface area is 246 Å². The Bertz CT molecular complexity index is 1250. The highest BCUT2D eigenvalue weighted by Gasteiger charge is 2.40. The van der Waals surface area contributed by atoms with Gasteiger partial charge < -0.3 is 39.1 Å². The fraction of sp³-hybridized carbons (Fsp3) is 0.467. The molecule has 2 heterocycles. The molecule has 2 aromatic rings. The molecule has 2 aromatic carbocycles. The summed E-state index contributed by atoms with van der Waals surface area (Å²) >= 11 is 0. The second-order valence-electron chi connectivity index (χ2n) is 10.4. The summed E-state index contributed by atoms with van der Waals surface area (Å²) in [7, 11) is 6.65. The number of piperazine rings is 1. The van der Waals surface area contributed by atoms with Gasteiger partial charge >= 0.3 is 12.0 Å². The summed E-state index contributed by atoms with van der Waals surface area (Å²) in [5.74, 6) is -0.728. The third-order valence-electron chi connectivity index (χ3n) is 7.53. The van der Waals surface area contributed by atoms with E-state index < -0.39 is 24.0 Å². The fourth-order valence-corrected chi connectivity index (χ4v) is 5.04. The molecule has 0 bridgehead atoms. The van der Waals surface area contributed by atoms with Crippen molar-refractivity contribution in [1.29, 1.82) is 0 Å². The molecular formula is C30H39N5O7. The van der Waals surface area contributed by atoms with Gasteiger partial charge in [0.2, 0.25) is 5.91 Å². The molecule has 0 radical (unpaired) electrons. The zero-order valence-corrected chi connectivity index (χ0v) is 24.6. The molecule has 1 N–H and O–H groups in total. The number of rotatable bonds is 8. The predicted octanol–water partition coefficient (Wildman–Crippen LogP) is 1.24. The van der Waals surface area contributed by atoms with Gasteiger partial charge in [-0.2, -0.15) is 0 Å². The monoisotopic (exact) mass is 581 g/mol. The molecule has 0 spiro atoms. The maximum Gasteiger partial charge on any atom is 0.328 e. The highest BCUT2D eigenvalue weighted by Crippen LogP contribution is 2.20. The summed E-state index contributed by atoms with van der Waals surface area (Å²) in [5, 5.41) is 2.80. The second kappa shape index (κ2) is 14.0. The minimum absolute atomic E-state index is 0.0212. The minimum Gasteiger partial charge on any atom is -0.497 e. The molecular weight excluding hydrogens is 542 g/mol. The largest absolute Gasteiger partial charge is 0.497 e. The molecule has 0 saturated carbocycles. The van der Waals surface area contributed by atoms with Crippen molar-refractivity contribution in [2.45, 2.75) is 18.5 Å². The van der Waals surface area contributed by atoms with Crippen LogP contribution in [0.2, 0.25) is 0 Å². The van der Waals surface area contributed by atoms with Crippen molar-refractivity contribution in [2.24, 2.45) is 0 Å². The zero-order chi connectivity index (χ0) is 30.2. The molecule has 4 rings (SSSR count). The van der Waals surface area contributed by atoms with Crippen LogP contribution in [-0.4, -0.2) is 125 Å². The van der Waals surface area contributed by atoms with Crippen LogP contribution >= 0.6 is 0 Å². The van der Waals surface area contributed by atoms with Crippen molar-refractivity contribution in [3.63, 3.8) is 0 Å². The molecule has 2 fully saturated rings. The lowest BCUT2D eigenvalue weighted by Crippen LogP contribution is -2.65. The first-order chi connectivity index (χ1) is 20.2. The molecule has 12 nitrogen and oxygen atoms in total. The smallest absolute Gasteiger partial charge is 0.328 e. The number of hydrogen-bond acceptors (Lipinski definition) is 8. The Balaban J connectivity index is 1.55. The van der Waals surface area contributed by atoms with E-state index in [2.05, 4.69) is 5.32 Å². The number of carbonyl (C=O) groups is 4. The Morgan fingerprint density at radius 3 is 2.19 bits per heavy atom. The average molecular weight is 582 g/mol. The molecule has 12 heteroatoms. The highest BCUT2D eigenvalue weighted by atomic mass is 16.5. The summed E-state index contributed by atoms with van der Waals surface area (Å²) in [6.45, 7) is 2.05. The summed E-state index contributed by atoms with van der Waals surface area (Å²) < 4.78 is 15.6. The third kappa shape index (κ3) is 7.30. The lowest BCUT2D eigenvalue weighted by molar-refractivity contribution is -0.145. The highest BCUT2D eigenvalue weighted by molar-refractivity contribution is 5.96. The maximum absolute atomic E-state index is 13.8. The standard InChI is InChI=1S/C30H39N5O7/c1-32(2)23-9-7-22(8-10-23)28(37)34-13-14-35(30(39)33-15-17-42-18-16-33)26(20-34)27(36)31-25(29(38)41-4)19-21-5-11-24(40-3)12-6-21/h5-12,25-26H,13-20H2,1-4H3,(H,31,36)/t25-,26+/m0/s1. The summed E-state index contributed by atoms with van der Waals surface area (Å²) in [6.07, 6.45) is 0.174. The molecule has 2 atom stereocenters. The Kier molecular flexibility index (Phi) is 10.2. The molecule has 0 aliphatic carbocycles. The number of methoxy groups -OCH3 is 2. The van der Waals surface area contributed by atoms with Crippen LogP contribution in [0.4, 0.5) is 10.5 Å². The zero-order valence-electron chi connectivity index (χ0n) is 24.6. The van der Waals surface area contributed by atoms with Crippen LogP contribution in [0, 0.1) is 0 Å². The summed E-state index contributed by atoms with van der Waals surface area (Å²) in [5.41, 5.74) is 2.23. The van der Waals surface area contributed by atoms with Crippen LogP contribution in [0.3, 0.4) is 0 Å². The van der Waals surface area contributed by atoms with E-state index in [0.29, 0.717) is 37.6 Å². The van der Waals surface area contributed by atoms with Crippen LogP contribution in [-0.2, 0) is 25.5 Å².